The fourth-order valence-electron chi connectivity index (χ4n) is 5.42. The number of nitrogens with two attached hydrogens (primary N) is 1. The molecule has 0 heterocycles. The number of carbonyl (C=O) groups is 1. The number of unbranched alkanes of at least 4 members (excludes halogenated alkanes) is 18. The summed E-state index contributed by atoms with van der Waals surface area (Å²) < 4.78 is 33.3. The number of hydrogen-bond donors (Lipinski definition) is 2. The maximum absolute atomic E-state index is 12.6. The van der Waals surface area contributed by atoms with Gasteiger partial charge >= 0.3 is 13.8 Å². The van der Waals surface area contributed by atoms with Gasteiger partial charge in [0.05, 0.1) is 19.8 Å². The van der Waals surface area contributed by atoms with Gasteiger partial charge in [-0.1, -0.05) is 146 Å². The molecule has 0 saturated carbocycles. The highest BCUT2D eigenvalue weighted by atomic mass is 31.2. The third-order valence-electron chi connectivity index (χ3n) is 8.45. The first kappa shape index (κ1) is 49.5. The Labute approximate surface area is 313 Å². The predicted molar refractivity (Wildman–Crippen MR) is 215 cm³/mol. The predicted octanol–water partition coefficient (Wildman–Crippen LogP) is 12.0. The topological polar surface area (TPSA) is 117 Å². The molecule has 8 nitrogen and oxygen atoms in total. The first-order valence-corrected chi connectivity index (χ1v) is 22.1. The van der Waals surface area contributed by atoms with Gasteiger partial charge in [-0.05, 0) is 70.6 Å². The van der Waals surface area contributed by atoms with Crippen molar-refractivity contribution in [3.05, 3.63) is 48.6 Å². The van der Waals surface area contributed by atoms with E-state index in [0.717, 1.165) is 64.2 Å². The number of rotatable bonds is 39. The van der Waals surface area contributed by atoms with E-state index in [1.54, 1.807) is 0 Å². The van der Waals surface area contributed by atoms with E-state index in [4.69, 9.17) is 24.3 Å². The summed E-state index contributed by atoms with van der Waals surface area (Å²) in [5, 5.41) is 0. The molecule has 2 atom stereocenters. The molecule has 0 radical (unpaired) electrons. The number of esters is 1. The summed E-state index contributed by atoms with van der Waals surface area (Å²) in [6.07, 6.45) is 45.5. The molecule has 0 aromatic carbocycles. The van der Waals surface area contributed by atoms with Crippen LogP contribution in [0.5, 0.6) is 0 Å². The van der Waals surface area contributed by atoms with Gasteiger partial charge in [0.15, 0.2) is 0 Å². The fourth-order valence-corrected chi connectivity index (χ4v) is 6.18. The number of ether oxygens (including phenoxy) is 2. The van der Waals surface area contributed by atoms with Crippen molar-refractivity contribution < 1.29 is 32.8 Å². The van der Waals surface area contributed by atoms with Crippen LogP contribution in [0.2, 0.25) is 0 Å². The molecule has 0 fully saturated rings. The van der Waals surface area contributed by atoms with E-state index in [-0.39, 0.29) is 32.3 Å². The molecule has 3 N–H and O–H groups in total. The molecule has 0 spiro atoms. The van der Waals surface area contributed by atoms with Crippen LogP contribution >= 0.6 is 7.82 Å². The number of phosphoric ester groups is 1. The lowest BCUT2D eigenvalue weighted by Gasteiger charge is -2.20. The molecule has 51 heavy (non-hydrogen) atoms. The minimum atomic E-state index is -4.28. The van der Waals surface area contributed by atoms with Crippen LogP contribution in [0.1, 0.15) is 174 Å². The third-order valence-corrected chi connectivity index (χ3v) is 9.43. The SMILES string of the molecule is CCC/C=C\CCCCCCCCOCC(COP(=O)(O)OCCN)OC(=O)CCCCCCCC/C=C\C/C=C\C/C=C\CCCCCCC. The summed E-state index contributed by atoms with van der Waals surface area (Å²) in [5.74, 6) is -0.347. The molecule has 0 aromatic rings. The molecule has 0 bridgehead atoms. The normalized spacial score (nSPS) is 14.0. The zero-order chi connectivity index (χ0) is 37.4. The van der Waals surface area contributed by atoms with E-state index in [0.29, 0.717) is 13.0 Å². The first-order chi connectivity index (χ1) is 24.9. The van der Waals surface area contributed by atoms with Crippen LogP contribution in [0, 0.1) is 0 Å². The molecule has 0 saturated heterocycles. The number of carbonyl (C=O) groups excluding carboxylic acids is 1. The lowest BCUT2D eigenvalue weighted by atomic mass is 10.1. The zero-order valence-corrected chi connectivity index (χ0v) is 33.7. The van der Waals surface area contributed by atoms with E-state index in [2.05, 4.69) is 62.5 Å². The molecule has 0 rings (SSSR count). The second-order valence-corrected chi connectivity index (χ2v) is 14.9. The molecule has 0 aliphatic heterocycles. The van der Waals surface area contributed by atoms with Gasteiger partial charge in [-0.3, -0.25) is 13.8 Å². The standard InChI is InChI=1S/C42H78NO7P/c1-3-5-7-9-11-13-15-16-17-18-19-20-21-22-23-24-25-27-29-31-33-35-42(44)50-41(40-49-51(45,46)48-38-36-43)39-47-37-34-32-30-28-26-14-12-10-8-6-4-2/h8,10,15-16,18-19,21-22,41H,3-7,9,11-14,17,20,23-40,43H2,1-2H3,(H,45,46)/b10-8-,16-15-,19-18-,22-21-. The smallest absolute Gasteiger partial charge is 0.457 e. The molecule has 0 aliphatic rings. The Hall–Kier alpha value is -1.54. The van der Waals surface area contributed by atoms with Crippen LogP contribution in [-0.4, -0.2) is 49.9 Å². The highest BCUT2D eigenvalue weighted by Crippen LogP contribution is 2.43. The Morgan fingerprint density at radius 2 is 1.08 bits per heavy atom. The average Bonchev–Trinajstić information content (AvgIpc) is 3.12. The molecule has 0 amide bonds. The lowest BCUT2D eigenvalue weighted by Crippen LogP contribution is -2.28. The molecular weight excluding hydrogens is 661 g/mol. The minimum absolute atomic E-state index is 0.0954. The summed E-state index contributed by atoms with van der Waals surface area (Å²) >= 11 is 0. The van der Waals surface area contributed by atoms with Gasteiger partial charge in [-0.25, -0.2) is 4.57 Å². The zero-order valence-electron chi connectivity index (χ0n) is 32.8. The van der Waals surface area contributed by atoms with Gasteiger partial charge in [0, 0.05) is 19.6 Å². The number of phosphoric acid groups is 1. The van der Waals surface area contributed by atoms with Crippen LogP contribution in [0.25, 0.3) is 0 Å². The van der Waals surface area contributed by atoms with Gasteiger partial charge < -0.3 is 20.1 Å². The van der Waals surface area contributed by atoms with Gasteiger partial charge in [0.25, 0.3) is 0 Å². The van der Waals surface area contributed by atoms with E-state index in [9.17, 15) is 14.3 Å². The fraction of sp³-hybridized carbons (Fsp3) is 0.786. The summed E-state index contributed by atoms with van der Waals surface area (Å²) in [6, 6.07) is 0. The molecule has 2 unspecified atom stereocenters. The van der Waals surface area contributed by atoms with Crippen molar-refractivity contribution >= 4 is 13.8 Å². The van der Waals surface area contributed by atoms with Gasteiger partial charge in [0.1, 0.15) is 6.10 Å². The number of hydrogen-bond acceptors (Lipinski definition) is 7. The minimum Gasteiger partial charge on any atom is -0.457 e. The van der Waals surface area contributed by atoms with Crippen LogP contribution in [-0.2, 0) is 27.9 Å². The van der Waals surface area contributed by atoms with E-state index in [1.807, 2.05) is 0 Å². The monoisotopic (exact) mass is 740 g/mol. The summed E-state index contributed by atoms with van der Waals surface area (Å²) in [6.45, 7) is 4.81. The van der Waals surface area contributed by atoms with E-state index < -0.39 is 13.9 Å². The summed E-state index contributed by atoms with van der Waals surface area (Å²) in [7, 11) is -4.28. The highest BCUT2D eigenvalue weighted by Gasteiger charge is 2.25. The molecule has 298 valence electrons. The second kappa shape index (κ2) is 39.7. The van der Waals surface area contributed by atoms with Crippen molar-refractivity contribution in [1.29, 1.82) is 0 Å². The Morgan fingerprint density at radius 3 is 1.65 bits per heavy atom. The lowest BCUT2D eigenvalue weighted by molar-refractivity contribution is -0.154. The van der Waals surface area contributed by atoms with Crippen molar-refractivity contribution in [3.63, 3.8) is 0 Å². The van der Waals surface area contributed by atoms with Gasteiger partial charge in [-0.15, -0.1) is 0 Å². The Kier molecular flexibility index (Phi) is 38.5. The third kappa shape index (κ3) is 39.5. The van der Waals surface area contributed by atoms with Gasteiger partial charge in [-0.2, -0.15) is 0 Å². The number of allylic oxidation sites excluding steroid dienone is 8. The maximum Gasteiger partial charge on any atom is 0.472 e. The van der Waals surface area contributed by atoms with Crippen molar-refractivity contribution in [1.82, 2.24) is 0 Å². The second-order valence-electron chi connectivity index (χ2n) is 13.5. The molecular formula is C42H78NO7P. The van der Waals surface area contributed by atoms with Crippen LogP contribution in [0.3, 0.4) is 0 Å². The van der Waals surface area contributed by atoms with Crippen LogP contribution in [0.15, 0.2) is 48.6 Å². The van der Waals surface area contributed by atoms with Gasteiger partial charge in [0.2, 0.25) is 0 Å². The summed E-state index contributed by atoms with van der Waals surface area (Å²) in [4.78, 5) is 22.4. The van der Waals surface area contributed by atoms with Crippen LogP contribution < -0.4 is 5.73 Å². The highest BCUT2D eigenvalue weighted by molar-refractivity contribution is 7.47. The quantitative estimate of drug-likeness (QED) is 0.0277. The van der Waals surface area contributed by atoms with Crippen molar-refractivity contribution in [2.24, 2.45) is 5.73 Å². The summed E-state index contributed by atoms with van der Waals surface area (Å²) in [5.41, 5.74) is 5.35. The van der Waals surface area contributed by atoms with E-state index in [1.165, 1.54) is 89.9 Å². The molecule has 9 heteroatoms. The Bertz CT molecular complexity index is 921. The Balaban J connectivity index is 4.06. The largest absolute Gasteiger partial charge is 0.472 e. The maximum atomic E-state index is 12.6. The van der Waals surface area contributed by atoms with Crippen molar-refractivity contribution in [2.45, 2.75) is 180 Å². The van der Waals surface area contributed by atoms with Crippen molar-refractivity contribution in [3.8, 4) is 0 Å². The molecule has 0 aliphatic carbocycles. The Morgan fingerprint density at radius 1 is 0.588 bits per heavy atom. The average molecular weight is 740 g/mol. The molecule has 0 aromatic heterocycles. The van der Waals surface area contributed by atoms with Crippen molar-refractivity contribution in [2.75, 3.05) is 33.0 Å². The first-order valence-electron chi connectivity index (χ1n) is 20.6. The van der Waals surface area contributed by atoms with Crippen LogP contribution in [0.4, 0.5) is 0 Å². The van der Waals surface area contributed by atoms with E-state index >= 15 is 0 Å².